The molecule has 1 saturated carbocycles. The number of amides is 1. The maximum absolute atomic E-state index is 12.0. The Hall–Kier alpha value is -1.93. The van der Waals surface area contributed by atoms with E-state index in [4.69, 9.17) is 0 Å². The Morgan fingerprint density at radius 2 is 2.16 bits per heavy atom. The van der Waals surface area contributed by atoms with Crippen LogP contribution < -0.4 is 9.62 Å². The Kier molecular flexibility index (Phi) is 4.04. The van der Waals surface area contributed by atoms with Gasteiger partial charge in [0.15, 0.2) is 5.13 Å². The van der Waals surface area contributed by atoms with Crippen LogP contribution in [0, 0.1) is 5.92 Å². The van der Waals surface area contributed by atoms with Gasteiger partial charge in [-0.05, 0) is 37.0 Å². The third kappa shape index (κ3) is 3.16. The van der Waals surface area contributed by atoms with Crippen LogP contribution in [-0.4, -0.2) is 32.1 Å². The fourth-order valence-corrected chi connectivity index (χ4v) is 4.90. The summed E-state index contributed by atoms with van der Waals surface area (Å²) in [6.45, 7) is 0.484. The van der Waals surface area contributed by atoms with Crippen LogP contribution in [0.15, 0.2) is 23.6 Å². The molecule has 1 fully saturated rings. The summed E-state index contributed by atoms with van der Waals surface area (Å²) in [4.78, 5) is 16.5. The summed E-state index contributed by atoms with van der Waals surface area (Å²) >= 11 is 1.41. The Morgan fingerprint density at radius 1 is 1.36 bits per heavy atom. The predicted octanol–water partition coefficient (Wildman–Crippen LogP) is 2.87. The molecule has 0 unspecified atom stereocenters. The number of rotatable bonds is 4. The monoisotopic (exact) mass is 377 g/mol. The largest absolute Gasteiger partial charge is 0.302 e. The second kappa shape index (κ2) is 6.10. The van der Waals surface area contributed by atoms with Gasteiger partial charge in [0.05, 0.1) is 17.6 Å². The number of thiazole rings is 1. The normalized spacial score (nSPS) is 17.2. The minimum atomic E-state index is -3.24. The molecule has 0 atom stereocenters. The van der Waals surface area contributed by atoms with E-state index in [1.54, 1.807) is 0 Å². The van der Waals surface area contributed by atoms with Crippen molar-refractivity contribution in [3.63, 3.8) is 0 Å². The first-order chi connectivity index (χ1) is 11.9. The molecule has 1 aromatic heterocycles. The lowest BCUT2D eigenvalue weighted by atomic mass is 9.85. The van der Waals surface area contributed by atoms with Crippen molar-refractivity contribution in [3.05, 3.63) is 29.1 Å². The molecule has 1 amide bonds. The topological polar surface area (TPSA) is 79.4 Å². The highest BCUT2D eigenvalue weighted by Crippen LogP contribution is 2.35. The Bertz CT molecular complexity index is 932. The zero-order valence-corrected chi connectivity index (χ0v) is 15.5. The molecule has 2 aliphatic rings. The van der Waals surface area contributed by atoms with Crippen molar-refractivity contribution >= 4 is 38.1 Å². The van der Waals surface area contributed by atoms with Gasteiger partial charge in [0.1, 0.15) is 0 Å². The average Bonchev–Trinajstić information content (AvgIpc) is 3.10. The Morgan fingerprint density at radius 3 is 2.84 bits per heavy atom. The van der Waals surface area contributed by atoms with Crippen LogP contribution in [0.3, 0.4) is 0 Å². The molecule has 0 radical (unpaired) electrons. The van der Waals surface area contributed by atoms with Crippen LogP contribution in [0.4, 0.5) is 10.8 Å². The molecule has 2 aromatic rings. The summed E-state index contributed by atoms with van der Waals surface area (Å²) in [6.07, 6.45) is 4.98. The first-order valence-corrected chi connectivity index (χ1v) is 11.0. The van der Waals surface area contributed by atoms with Crippen LogP contribution in [0.2, 0.25) is 0 Å². The van der Waals surface area contributed by atoms with E-state index in [2.05, 4.69) is 10.3 Å². The number of hydrogen-bond donors (Lipinski definition) is 1. The van der Waals surface area contributed by atoms with Crippen molar-refractivity contribution in [3.8, 4) is 11.3 Å². The molecule has 25 heavy (non-hydrogen) atoms. The number of sulfonamides is 1. The molecule has 132 valence electrons. The minimum absolute atomic E-state index is 0.0601. The lowest BCUT2D eigenvalue weighted by molar-refractivity contribution is -0.122. The van der Waals surface area contributed by atoms with Gasteiger partial charge < -0.3 is 5.32 Å². The van der Waals surface area contributed by atoms with Gasteiger partial charge in [-0.25, -0.2) is 13.4 Å². The number of hydrogen-bond acceptors (Lipinski definition) is 5. The highest BCUT2D eigenvalue weighted by Gasteiger charge is 2.27. The lowest BCUT2D eigenvalue weighted by Crippen LogP contribution is -2.27. The van der Waals surface area contributed by atoms with E-state index in [0.717, 1.165) is 41.8 Å². The summed E-state index contributed by atoms with van der Waals surface area (Å²) in [5.41, 5.74) is 3.50. The van der Waals surface area contributed by atoms with Crippen LogP contribution >= 0.6 is 11.3 Å². The first kappa shape index (κ1) is 16.5. The number of carbonyl (C=O) groups excluding carboxylic acids is 1. The van der Waals surface area contributed by atoms with E-state index in [-0.39, 0.29) is 11.8 Å². The Labute approximate surface area is 150 Å². The molecule has 2 heterocycles. The van der Waals surface area contributed by atoms with E-state index >= 15 is 0 Å². The summed E-state index contributed by atoms with van der Waals surface area (Å²) in [7, 11) is -3.24. The number of fused-ring (bicyclic) bond motifs is 1. The van der Waals surface area contributed by atoms with E-state index in [9.17, 15) is 13.2 Å². The SMILES string of the molecule is CS(=O)(=O)N1CCc2cc(-c3csc(NC(=O)C4CCC4)n3)ccc21. The van der Waals surface area contributed by atoms with Gasteiger partial charge in [-0.3, -0.25) is 9.10 Å². The van der Waals surface area contributed by atoms with Crippen molar-refractivity contribution in [2.24, 2.45) is 5.92 Å². The van der Waals surface area contributed by atoms with Gasteiger partial charge in [-0.1, -0.05) is 12.5 Å². The standard InChI is InChI=1S/C17H19N3O3S2/c1-25(22,23)20-8-7-13-9-12(5-6-15(13)20)14-10-24-17(18-14)19-16(21)11-3-2-4-11/h5-6,9-11H,2-4,7-8H2,1H3,(H,18,19,21). The zero-order valence-electron chi connectivity index (χ0n) is 13.9. The molecular weight excluding hydrogens is 358 g/mol. The predicted molar refractivity (Wildman–Crippen MR) is 99.4 cm³/mol. The van der Waals surface area contributed by atoms with Crippen LogP contribution in [0.1, 0.15) is 24.8 Å². The number of nitrogens with zero attached hydrogens (tertiary/aromatic N) is 2. The van der Waals surface area contributed by atoms with Gasteiger partial charge >= 0.3 is 0 Å². The second-order valence-corrected chi connectivity index (χ2v) is 9.35. The average molecular weight is 377 g/mol. The molecular formula is C17H19N3O3S2. The number of benzene rings is 1. The second-order valence-electron chi connectivity index (χ2n) is 6.58. The summed E-state index contributed by atoms with van der Waals surface area (Å²) in [5.74, 6) is 0.194. The van der Waals surface area contributed by atoms with Crippen LogP contribution in [-0.2, 0) is 21.2 Å². The molecule has 0 saturated heterocycles. The third-order valence-electron chi connectivity index (χ3n) is 4.84. The van der Waals surface area contributed by atoms with Crippen molar-refractivity contribution in [2.75, 3.05) is 22.4 Å². The number of aromatic nitrogens is 1. The molecule has 1 aromatic carbocycles. The zero-order chi connectivity index (χ0) is 17.6. The van der Waals surface area contributed by atoms with Crippen molar-refractivity contribution in [1.29, 1.82) is 0 Å². The van der Waals surface area contributed by atoms with Crippen molar-refractivity contribution < 1.29 is 13.2 Å². The molecule has 4 rings (SSSR count). The quantitative estimate of drug-likeness (QED) is 0.888. The summed E-state index contributed by atoms with van der Waals surface area (Å²) in [6, 6.07) is 5.71. The number of anilines is 2. The first-order valence-electron chi connectivity index (χ1n) is 8.29. The van der Waals surface area contributed by atoms with E-state index < -0.39 is 10.0 Å². The van der Waals surface area contributed by atoms with Gasteiger partial charge in [0.2, 0.25) is 15.9 Å². The molecule has 1 N–H and O–H groups in total. The van der Waals surface area contributed by atoms with Crippen molar-refractivity contribution in [2.45, 2.75) is 25.7 Å². The van der Waals surface area contributed by atoms with Gasteiger partial charge in [0.25, 0.3) is 0 Å². The molecule has 6 nitrogen and oxygen atoms in total. The molecule has 1 aliphatic heterocycles. The van der Waals surface area contributed by atoms with E-state index in [0.29, 0.717) is 18.1 Å². The Balaban J connectivity index is 1.54. The fraction of sp³-hybridized carbons (Fsp3) is 0.412. The van der Waals surface area contributed by atoms with Crippen LogP contribution in [0.5, 0.6) is 0 Å². The fourth-order valence-electron chi connectivity index (χ4n) is 3.22. The van der Waals surface area contributed by atoms with Gasteiger partial charge in [-0.15, -0.1) is 11.3 Å². The van der Waals surface area contributed by atoms with Gasteiger partial charge in [0, 0.05) is 23.4 Å². The summed E-state index contributed by atoms with van der Waals surface area (Å²) in [5, 5.41) is 5.43. The number of nitrogens with one attached hydrogen (secondary N) is 1. The molecule has 8 heteroatoms. The highest BCUT2D eigenvalue weighted by molar-refractivity contribution is 7.92. The van der Waals surface area contributed by atoms with Gasteiger partial charge in [-0.2, -0.15) is 0 Å². The molecule has 0 spiro atoms. The minimum Gasteiger partial charge on any atom is -0.302 e. The molecule has 0 bridgehead atoms. The maximum atomic E-state index is 12.0. The lowest BCUT2D eigenvalue weighted by Gasteiger charge is -2.23. The highest BCUT2D eigenvalue weighted by atomic mass is 32.2. The third-order valence-corrected chi connectivity index (χ3v) is 6.78. The van der Waals surface area contributed by atoms with Crippen molar-refractivity contribution in [1.82, 2.24) is 4.98 Å². The van der Waals surface area contributed by atoms with E-state index in [1.807, 2.05) is 23.6 Å². The van der Waals surface area contributed by atoms with Crippen LogP contribution in [0.25, 0.3) is 11.3 Å². The maximum Gasteiger partial charge on any atom is 0.232 e. The number of carbonyl (C=O) groups is 1. The summed E-state index contributed by atoms with van der Waals surface area (Å²) < 4.78 is 25.1. The molecule has 1 aliphatic carbocycles. The van der Waals surface area contributed by atoms with E-state index in [1.165, 1.54) is 21.9 Å². The smallest absolute Gasteiger partial charge is 0.232 e.